The number of benzene rings is 1. The highest BCUT2D eigenvalue weighted by Gasteiger charge is 2.32. The van der Waals surface area contributed by atoms with Crippen LogP contribution in [0.5, 0.6) is 0 Å². The first-order valence-corrected chi connectivity index (χ1v) is 7.07. The molecule has 2 rings (SSSR count). The van der Waals surface area contributed by atoms with Gasteiger partial charge in [-0.3, -0.25) is 4.79 Å². The molecule has 0 saturated heterocycles. The maximum Gasteiger partial charge on any atom is 0.155 e. The van der Waals surface area contributed by atoms with Gasteiger partial charge in [0.15, 0.2) is 5.78 Å². The molecular weight excluding hydrogens is 267 g/mol. The molecule has 0 aliphatic heterocycles. The number of hydrogen-bond acceptors (Lipinski definition) is 2. The molecule has 1 unspecified atom stereocenters. The molecule has 0 aromatic heterocycles. The number of halogens is 2. The highest BCUT2D eigenvalue weighted by atomic mass is 35.5. The quantitative estimate of drug-likeness (QED) is 0.741. The molecule has 19 heavy (non-hydrogen) atoms. The highest BCUT2D eigenvalue weighted by Crippen LogP contribution is 2.35. The average molecular weight is 285 g/mol. The van der Waals surface area contributed by atoms with E-state index in [4.69, 9.17) is 16.3 Å². The van der Waals surface area contributed by atoms with Gasteiger partial charge in [-0.15, -0.1) is 11.6 Å². The van der Waals surface area contributed by atoms with Gasteiger partial charge in [0.05, 0.1) is 6.10 Å². The maximum absolute atomic E-state index is 12.8. The molecule has 1 aromatic rings. The van der Waals surface area contributed by atoms with Crippen LogP contribution in [0.15, 0.2) is 24.3 Å². The normalized spacial score (nSPS) is 23.7. The largest absolute Gasteiger partial charge is 0.378 e. The monoisotopic (exact) mass is 284 g/mol. The van der Waals surface area contributed by atoms with Crippen molar-refractivity contribution in [2.45, 2.75) is 37.7 Å². The molecule has 1 fully saturated rings. The first-order valence-electron chi connectivity index (χ1n) is 6.64. The number of ketones is 1. The standard InChI is InChI=1S/C15H18ClFO2/c1-2-19-13-7-10(8-13)9-14(18)15(16)11-3-5-12(17)6-4-11/h3-6,10,13,15H,2,7-9H2,1H3. The zero-order valence-corrected chi connectivity index (χ0v) is 11.7. The van der Waals surface area contributed by atoms with Crippen LogP contribution >= 0.6 is 11.6 Å². The Bertz CT molecular complexity index is 426. The summed E-state index contributed by atoms with van der Waals surface area (Å²) in [6.45, 7) is 2.70. The third-order valence-electron chi connectivity index (χ3n) is 3.53. The van der Waals surface area contributed by atoms with E-state index in [1.54, 1.807) is 12.1 Å². The maximum atomic E-state index is 12.8. The highest BCUT2D eigenvalue weighted by molar-refractivity contribution is 6.31. The lowest BCUT2D eigenvalue weighted by molar-refractivity contribution is -0.122. The van der Waals surface area contributed by atoms with Gasteiger partial charge in [0.25, 0.3) is 0 Å². The van der Waals surface area contributed by atoms with E-state index in [2.05, 4.69) is 0 Å². The smallest absolute Gasteiger partial charge is 0.155 e. The van der Waals surface area contributed by atoms with Gasteiger partial charge in [-0.2, -0.15) is 0 Å². The van der Waals surface area contributed by atoms with E-state index in [1.807, 2.05) is 6.92 Å². The summed E-state index contributed by atoms with van der Waals surface area (Å²) in [6.07, 6.45) is 2.66. The van der Waals surface area contributed by atoms with Crippen LogP contribution in [0.3, 0.4) is 0 Å². The number of hydrogen-bond donors (Lipinski definition) is 0. The molecule has 0 radical (unpaired) electrons. The van der Waals surface area contributed by atoms with Crippen LogP contribution in [0.4, 0.5) is 4.39 Å². The number of carbonyl (C=O) groups is 1. The lowest BCUT2D eigenvalue weighted by atomic mass is 9.78. The Hall–Kier alpha value is -0.930. The van der Waals surface area contributed by atoms with E-state index in [9.17, 15) is 9.18 Å². The van der Waals surface area contributed by atoms with Crippen molar-refractivity contribution < 1.29 is 13.9 Å². The Morgan fingerprint density at radius 1 is 1.42 bits per heavy atom. The fraction of sp³-hybridized carbons (Fsp3) is 0.533. The third-order valence-corrected chi connectivity index (χ3v) is 4.03. The van der Waals surface area contributed by atoms with E-state index >= 15 is 0 Å². The Morgan fingerprint density at radius 2 is 2.05 bits per heavy atom. The van der Waals surface area contributed by atoms with Crippen LogP contribution in [0.2, 0.25) is 0 Å². The molecule has 1 aliphatic rings. The molecule has 0 amide bonds. The molecule has 1 atom stereocenters. The van der Waals surface area contributed by atoms with Crippen molar-refractivity contribution in [1.29, 1.82) is 0 Å². The number of carbonyl (C=O) groups excluding carboxylic acids is 1. The van der Waals surface area contributed by atoms with Crippen LogP contribution in [0, 0.1) is 11.7 Å². The summed E-state index contributed by atoms with van der Waals surface area (Å²) < 4.78 is 18.3. The molecule has 104 valence electrons. The molecule has 1 aromatic carbocycles. The summed E-state index contributed by atoms with van der Waals surface area (Å²) >= 11 is 6.13. The van der Waals surface area contributed by atoms with Crippen molar-refractivity contribution in [2.75, 3.05) is 6.61 Å². The molecular formula is C15H18ClFO2. The molecule has 2 nitrogen and oxygen atoms in total. The van der Waals surface area contributed by atoms with E-state index in [0.29, 0.717) is 24.0 Å². The van der Waals surface area contributed by atoms with Gasteiger partial charge >= 0.3 is 0 Å². The summed E-state index contributed by atoms with van der Waals surface area (Å²) in [5.74, 6) is 0.0672. The molecule has 0 N–H and O–H groups in total. The summed E-state index contributed by atoms with van der Waals surface area (Å²) in [4.78, 5) is 12.0. The first kappa shape index (κ1) is 14.5. The van der Waals surface area contributed by atoms with E-state index in [0.717, 1.165) is 19.4 Å². The second-order valence-electron chi connectivity index (χ2n) is 5.00. The van der Waals surface area contributed by atoms with Gasteiger partial charge in [-0.1, -0.05) is 12.1 Å². The zero-order chi connectivity index (χ0) is 13.8. The summed E-state index contributed by atoms with van der Waals surface area (Å²) in [5, 5.41) is -0.674. The third kappa shape index (κ3) is 3.77. The average Bonchev–Trinajstić information content (AvgIpc) is 2.36. The molecule has 4 heteroatoms. The molecule has 1 saturated carbocycles. The van der Waals surface area contributed by atoms with Gasteiger partial charge in [0.1, 0.15) is 11.2 Å². The van der Waals surface area contributed by atoms with Crippen LogP contribution in [-0.4, -0.2) is 18.5 Å². The summed E-state index contributed by atoms with van der Waals surface area (Å²) in [7, 11) is 0. The molecule has 0 bridgehead atoms. The van der Waals surface area contributed by atoms with Crippen LogP contribution in [-0.2, 0) is 9.53 Å². The lowest BCUT2D eigenvalue weighted by Gasteiger charge is -2.34. The van der Waals surface area contributed by atoms with Crippen molar-refractivity contribution in [3.05, 3.63) is 35.6 Å². The number of alkyl halides is 1. The topological polar surface area (TPSA) is 26.3 Å². The number of rotatable bonds is 6. The van der Waals surface area contributed by atoms with Crippen molar-refractivity contribution in [1.82, 2.24) is 0 Å². The van der Waals surface area contributed by atoms with Crippen LogP contribution in [0.1, 0.15) is 37.1 Å². The molecule has 0 heterocycles. The van der Waals surface area contributed by atoms with Gasteiger partial charge in [-0.05, 0) is 43.4 Å². The van der Waals surface area contributed by atoms with E-state index in [-0.39, 0.29) is 11.6 Å². The Balaban J connectivity index is 1.82. The summed E-state index contributed by atoms with van der Waals surface area (Å²) in [5.41, 5.74) is 0.661. The zero-order valence-electron chi connectivity index (χ0n) is 10.9. The minimum atomic E-state index is -0.674. The predicted octanol–water partition coefficient (Wildman–Crippen LogP) is 3.88. The van der Waals surface area contributed by atoms with Crippen molar-refractivity contribution >= 4 is 17.4 Å². The molecule has 1 aliphatic carbocycles. The van der Waals surface area contributed by atoms with Crippen LogP contribution in [0.25, 0.3) is 0 Å². The number of ether oxygens (including phenoxy) is 1. The van der Waals surface area contributed by atoms with Crippen molar-refractivity contribution in [3.8, 4) is 0 Å². The first-order chi connectivity index (χ1) is 9.10. The Morgan fingerprint density at radius 3 is 2.63 bits per heavy atom. The van der Waals surface area contributed by atoms with Gasteiger partial charge in [0, 0.05) is 13.0 Å². The van der Waals surface area contributed by atoms with Crippen molar-refractivity contribution in [2.24, 2.45) is 5.92 Å². The minimum absolute atomic E-state index is 0.00761. The second kappa shape index (κ2) is 6.49. The van der Waals surface area contributed by atoms with Gasteiger partial charge in [0.2, 0.25) is 0 Å². The van der Waals surface area contributed by atoms with E-state index in [1.165, 1.54) is 12.1 Å². The lowest BCUT2D eigenvalue weighted by Crippen LogP contribution is -2.33. The van der Waals surface area contributed by atoms with Crippen molar-refractivity contribution in [3.63, 3.8) is 0 Å². The summed E-state index contributed by atoms with van der Waals surface area (Å²) in [6, 6.07) is 5.78. The minimum Gasteiger partial charge on any atom is -0.378 e. The Labute approximate surface area is 117 Å². The Kier molecular flexibility index (Phi) is 4.94. The second-order valence-corrected chi connectivity index (χ2v) is 5.44. The van der Waals surface area contributed by atoms with E-state index < -0.39 is 5.38 Å². The van der Waals surface area contributed by atoms with Gasteiger partial charge < -0.3 is 4.74 Å². The molecule has 0 spiro atoms. The number of Topliss-reactive ketones (excluding diaryl/α,β-unsaturated/α-hetero) is 1. The fourth-order valence-electron chi connectivity index (χ4n) is 2.42. The van der Waals surface area contributed by atoms with Crippen LogP contribution < -0.4 is 0 Å². The predicted molar refractivity (Wildman–Crippen MR) is 72.8 cm³/mol. The van der Waals surface area contributed by atoms with Gasteiger partial charge in [-0.25, -0.2) is 4.39 Å². The SMILES string of the molecule is CCOC1CC(CC(=O)C(Cl)c2ccc(F)cc2)C1. The fourth-order valence-corrected chi connectivity index (χ4v) is 2.65.